The predicted octanol–water partition coefficient (Wildman–Crippen LogP) is 3.93. The lowest BCUT2D eigenvalue weighted by Crippen LogP contribution is -2.24. The number of rotatable bonds is 7. The van der Waals surface area contributed by atoms with Gasteiger partial charge in [0.05, 0.1) is 33.0 Å². The van der Waals surface area contributed by atoms with Crippen molar-refractivity contribution >= 4 is 40.0 Å². The summed E-state index contributed by atoms with van der Waals surface area (Å²) in [6, 6.07) is 22.1. The molecule has 4 rings (SSSR count). The predicted molar refractivity (Wildman–Crippen MR) is 132 cm³/mol. The number of hydrogen-bond acceptors (Lipinski definition) is 7. The highest BCUT2D eigenvalue weighted by molar-refractivity contribution is 7.99. The molecule has 34 heavy (non-hydrogen) atoms. The number of hydrazone groups is 1. The van der Waals surface area contributed by atoms with Gasteiger partial charge >= 0.3 is 0 Å². The van der Waals surface area contributed by atoms with Gasteiger partial charge in [-0.25, -0.2) is 10.4 Å². The molecular weight excluding hydrogens is 454 g/mol. The average molecular weight is 474 g/mol. The van der Waals surface area contributed by atoms with Crippen LogP contribution in [0, 0.1) is 10.1 Å². The third-order valence-corrected chi connectivity index (χ3v) is 5.87. The number of aromatic nitrogens is 2. The Morgan fingerprint density at radius 1 is 1.06 bits per heavy atom. The van der Waals surface area contributed by atoms with Crippen LogP contribution in [0.5, 0.6) is 0 Å². The number of carbonyl (C=O) groups is 1. The van der Waals surface area contributed by atoms with Gasteiger partial charge in [-0.05, 0) is 48.9 Å². The molecule has 0 fully saturated rings. The molecule has 10 heteroatoms. The van der Waals surface area contributed by atoms with Gasteiger partial charge < -0.3 is 0 Å². The van der Waals surface area contributed by atoms with E-state index in [0.29, 0.717) is 33.0 Å². The summed E-state index contributed by atoms with van der Waals surface area (Å²) in [6.07, 6.45) is 0. The number of benzene rings is 3. The Morgan fingerprint density at radius 2 is 1.74 bits per heavy atom. The molecule has 3 aromatic carbocycles. The van der Waals surface area contributed by atoms with E-state index in [1.165, 1.54) is 16.7 Å². The Balaban J connectivity index is 1.53. The van der Waals surface area contributed by atoms with Gasteiger partial charge in [0.25, 0.3) is 17.2 Å². The molecule has 1 heterocycles. The summed E-state index contributed by atoms with van der Waals surface area (Å²) < 4.78 is 1.49. The van der Waals surface area contributed by atoms with Crippen molar-refractivity contribution in [3.8, 4) is 5.69 Å². The summed E-state index contributed by atoms with van der Waals surface area (Å²) in [6.45, 7) is 1.69. The van der Waals surface area contributed by atoms with E-state index in [1.54, 1.807) is 55.5 Å². The minimum atomic E-state index is -0.481. The first-order valence-electron chi connectivity index (χ1n) is 10.2. The second-order valence-corrected chi connectivity index (χ2v) is 8.15. The third-order valence-electron chi connectivity index (χ3n) is 4.94. The van der Waals surface area contributed by atoms with Crippen LogP contribution in [0.2, 0.25) is 0 Å². The Bertz CT molecular complexity index is 1450. The number of nitro benzene ring substituents is 1. The van der Waals surface area contributed by atoms with Crippen molar-refractivity contribution in [2.45, 2.75) is 12.1 Å². The summed E-state index contributed by atoms with van der Waals surface area (Å²) in [5, 5.41) is 15.7. The highest BCUT2D eigenvalue weighted by Crippen LogP contribution is 2.21. The van der Waals surface area contributed by atoms with E-state index in [-0.39, 0.29) is 22.9 Å². The number of nitrogens with zero attached hydrogens (tertiary/aromatic N) is 4. The first-order chi connectivity index (χ1) is 16.4. The van der Waals surface area contributed by atoms with Gasteiger partial charge in [-0.15, -0.1) is 0 Å². The number of fused-ring (bicyclic) bond motifs is 1. The van der Waals surface area contributed by atoms with Crippen molar-refractivity contribution < 1.29 is 9.72 Å². The van der Waals surface area contributed by atoms with Crippen LogP contribution in [0.15, 0.2) is 93.9 Å². The van der Waals surface area contributed by atoms with Gasteiger partial charge in [0, 0.05) is 12.1 Å². The average Bonchev–Trinajstić information content (AvgIpc) is 2.86. The normalized spacial score (nSPS) is 11.4. The molecule has 1 amide bonds. The monoisotopic (exact) mass is 473 g/mol. The van der Waals surface area contributed by atoms with Crippen LogP contribution in [0.25, 0.3) is 16.6 Å². The topological polar surface area (TPSA) is 119 Å². The Hall–Kier alpha value is -4.31. The van der Waals surface area contributed by atoms with Crippen molar-refractivity contribution in [1.82, 2.24) is 15.0 Å². The summed E-state index contributed by atoms with van der Waals surface area (Å²) >= 11 is 1.13. The number of hydrogen-bond donors (Lipinski definition) is 1. The molecule has 4 aromatic rings. The molecule has 0 aliphatic carbocycles. The fourth-order valence-corrected chi connectivity index (χ4v) is 4.02. The minimum absolute atomic E-state index is 0.0192. The van der Waals surface area contributed by atoms with Gasteiger partial charge in [-0.1, -0.05) is 42.1 Å². The van der Waals surface area contributed by atoms with Crippen LogP contribution >= 0.6 is 11.8 Å². The summed E-state index contributed by atoms with van der Waals surface area (Å²) in [7, 11) is 0. The minimum Gasteiger partial charge on any atom is -0.272 e. The zero-order valence-corrected chi connectivity index (χ0v) is 18.9. The van der Waals surface area contributed by atoms with Crippen molar-refractivity contribution in [3.63, 3.8) is 0 Å². The first-order valence-corrected chi connectivity index (χ1v) is 11.2. The van der Waals surface area contributed by atoms with E-state index < -0.39 is 4.92 Å². The molecule has 0 radical (unpaired) electrons. The second-order valence-electron chi connectivity index (χ2n) is 7.21. The molecule has 0 aliphatic heterocycles. The summed E-state index contributed by atoms with van der Waals surface area (Å²) in [5.41, 5.74) is 4.59. The van der Waals surface area contributed by atoms with Crippen LogP contribution in [-0.4, -0.2) is 31.8 Å². The molecular formula is C24H19N5O4S. The lowest BCUT2D eigenvalue weighted by Gasteiger charge is -2.13. The lowest BCUT2D eigenvalue weighted by molar-refractivity contribution is -0.384. The Morgan fingerprint density at radius 3 is 2.44 bits per heavy atom. The van der Waals surface area contributed by atoms with Crippen LogP contribution in [0.1, 0.15) is 12.5 Å². The number of para-hydroxylation sites is 2. The van der Waals surface area contributed by atoms with E-state index in [1.807, 2.05) is 18.2 Å². The van der Waals surface area contributed by atoms with E-state index >= 15 is 0 Å². The van der Waals surface area contributed by atoms with Crippen LogP contribution in [0.4, 0.5) is 5.69 Å². The SMILES string of the molecule is C/C(=N\NC(=O)CSc1nc2ccccc2c(=O)n1-c1ccccc1)c1ccc([N+](=O)[O-])cc1. The van der Waals surface area contributed by atoms with E-state index in [9.17, 15) is 19.7 Å². The van der Waals surface area contributed by atoms with Gasteiger partial charge in [0.1, 0.15) is 0 Å². The number of nitrogens with one attached hydrogen (secondary N) is 1. The third kappa shape index (κ3) is 5.02. The van der Waals surface area contributed by atoms with Gasteiger partial charge in [0.2, 0.25) is 0 Å². The number of amides is 1. The highest BCUT2D eigenvalue weighted by Gasteiger charge is 2.14. The maximum absolute atomic E-state index is 13.2. The van der Waals surface area contributed by atoms with Crippen LogP contribution in [0.3, 0.4) is 0 Å². The quantitative estimate of drug-likeness (QED) is 0.143. The van der Waals surface area contributed by atoms with E-state index in [4.69, 9.17) is 0 Å². The molecule has 1 aromatic heterocycles. The molecule has 0 saturated heterocycles. The van der Waals surface area contributed by atoms with Crippen LogP contribution < -0.4 is 11.0 Å². The zero-order chi connectivity index (χ0) is 24.1. The number of nitro groups is 1. The van der Waals surface area contributed by atoms with E-state index in [2.05, 4.69) is 15.5 Å². The smallest absolute Gasteiger partial charge is 0.269 e. The van der Waals surface area contributed by atoms with Crippen molar-refractivity contribution in [3.05, 3.63) is 105 Å². The number of carbonyl (C=O) groups excluding carboxylic acids is 1. The molecule has 0 atom stereocenters. The van der Waals surface area contributed by atoms with E-state index in [0.717, 1.165) is 11.8 Å². The first kappa shape index (κ1) is 22.9. The summed E-state index contributed by atoms with van der Waals surface area (Å²) in [4.78, 5) is 40.5. The maximum Gasteiger partial charge on any atom is 0.269 e. The molecule has 0 unspecified atom stereocenters. The van der Waals surface area contributed by atoms with Gasteiger partial charge in [0.15, 0.2) is 5.16 Å². The number of thioether (sulfide) groups is 1. The van der Waals surface area contributed by atoms with Crippen molar-refractivity contribution in [2.75, 3.05) is 5.75 Å². The largest absolute Gasteiger partial charge is 0.272 e. The number of non-ortho nitro benzene ring substituents is 1. The van der Waals surface area contributed by atoms with Crippen molar-refractivity contribution in [1.29, 1.82) is 0 Å². The Kier molecular flexibility index (Phi) is 6.79. The Labute approximate surface area is 198 Å². The summed E-state index contributed by atoms with van der Waals surface area (Å²) in [5.74, 6) is -0.400. The fourth-order valence-electron chi connectivity index (χ4n) is 3.21. The molecule has 170 valence electrons. The molecule has 0 spiro atoms. The maximum atomic E-state index is 13.2. The molecule has 0 aliphatic rings. The highest BCUT2D eigenvalue weighted by atomic mass is 32.2. The van der Waals surface area contributed by atoms with Gasteiger partial charge in [-0.2, -0.15) is 5.10 Å². The second kappa shape index (κ2) is 10.1. The molecule has 9 nitrogen and oxygen atoms in total. The fraction of sp³-hybridized carbons (Fsp3) is 0.0833. The standard InChI is InChI=1S/C24H19N5O4S/c1-16(17-11-13-19(14-12-17)29(32)33)26-27-22(30)15-34-24-25-21-10-6-5-9-20(21)23(31)28(24)18-7-3-2-4-8-18/h2-14H,15H2,1H3,(H,27,30)/b26-16+. The van der Waals surface area contributed by atoms with Gasteiger partial charge in [-0.3, -0.25) is 24.3 Å². The zero-order valence-electron chi connectivity index (χ0n) is 18.0. The van der Waals surface area contributed by atoms with Crippen LogP contribution in [-0.2, 0) is 4.79 Å². The molecule has 0 bridgehead atoms. The molecule has 0 saturated carbocycles. The molecule has 1 N–H and O–H groups in total. The van der Waals surface area contributed by atoms with Crippen molar-refractivity contribution in [2.24, 2.45) is 5.10 Å². The lowest BCUT2D eigenvalue weighted by atomic mass is 10.1.